The average Bonchev–Trinajstić information content (AvgIpc) is 2.29. The zero-order chi connectivity index (χ0) is 12.0. The van der Waals surface area contributed by atoms with Gasteiger partial charge < -0.3 is 10.6 Å². The molecule has 2 N–H and O–H groups in total. The van der Waals surface area contributed by atoms with Crippen LogP contribution >= 0.6 is 0 Å². The SMILES string of the molecule is CCCN(C)C(=O)c1ccnc(CCN)c1. The van der Waals surface area contributed by atoms with Crippen molar-refractivity contribution in [1.29, 1.82) is 0 Å². The summed E-state index contributed by atoms with van der Waals surface area (Å²) < 4.78 is 0. The molecule has 0 atom stereocenters. The molecule has 0 bridgehead atoms. The highest BCUT2D eigenvalue weighted by molar-refractivity contribution is 5.94. The molecule has 88 valence electrons. The summed E-state index contributed by atoms with van der Waals surface area (Å²) in [5.41, 5.74) is 7.02. The minimum atomic E-state index is 0.0440. The van der Waals surface area contributed by atoms with E-state index in [1.54, 1.807) is 17.2 Å². The summed E-state index contributed by atoms with van der Waals surface area (Å²) in [7, 11) is 1.81. The van der Waals surface area contributed by atoms with E-state index >= 15 is 0 Å². The van der Waals surface area contributed by atoms with Gasteiger partial charge in [-0.25, -0.2) is 0 Å². The molecule has 1 heterocycles. The van der Waals surface area contributed by atoms with Crippen molar-refractivity contribution in [3.8, 4) is 0 Å². The van der Waals surface area contributed by atoms with Gasteiger partial charge in [0.2, 0.25) is 0 Å². The van der Waals surface area contributed by atoms with Crippen LogP contribution in [0.4, 0.5) is 0 Å². The van der Waals surface area contributed by atoms with Gasteiger partial charge in [0.15, 0.2) is 0 Å². The molecule has 0 radical (unpaired) electrons. The van der Waals surface area contributed by atoms with Gasteiger partial charge in [-0.3, -0.25) is 9.78 Å². The topological polar surface area (TPSA) is 59.2 Å². The summed E-state index contributed by atoms with van der Waals surface area (Å²) in [5, 5.41) is 0. The van der Waals surface area contributed by atoms with Crippen LogP contribution in [0.15, 0.2) is 18.3 Å². The highest BCUT2D eigenvalue weighted by Gasteiger charge is 2.11. The number of hydrogen-bond donors (Lipinski definition) is 1. The van der Waals surface area contributed by atoms with Crippen molar-refractivity contribution in [1.82, 2.24) is 9.88 Å². The van der Waals surface area contributed by atoms with Crippen molar-refractivity contribution < 1.29 is 4.79 Å². The average molecular weight is 221 g/mol. The molecule has 1 rings (SSSR count). The molecule has 0 saturated heterocycles. The number of carbonyl (C=O) groups excluding carboxylic acids is 1. The van der Waals surface area contributed by atoms with Crippen LogP contribution in [0.5, 0.6) is 0 Å². The van der Waals surface area contributed by atoms with E-state index in [2.05, 4.69) is 11.9 Å². The fourth-order valence-corrected chi connectivity index (χ4v) is 1.55. The van der Waals surface area contributed by atoms with Crippen molar-refractivity contribution in [3.05, 3.63) is 29.6 Å². The van der Waals surface area contributed by atoms with Gasteiger partial charge in [-0.1, -0.05) is 6.92 Å². The minimum absolute atomic E-state index is 0.0440. The molecule has 0 aromatic carbocycles. The lowest BCUT2D eigenvalue weighted by atomic mass is 10.1. The Morgan fingerprint density at radius 3 is 2.94 bits per heavy atom. The quantitative estimate of drug-likeness (QED) is 0.809. The van der Waals surface area contributed by atoms with Crippen LogP contribution in [-0.4, -0.2) is 35.9 Å². The third kappa shape index (κ3) is 3.31. The third-order valence-corrected chi connectivity index (χ3v) is 2.37. The third-order valence-electron chi connectivity index (χ3n) is 2.37. The first-order valence-corrected chi connectivity index (χ1v) is 5.59. The first kappa shape index (κ1) is 12.6. The monoisotopic (exact) mass is 221 g/mol. The van der Waals surface area contributed by atoms with Crippen LogP contribution in [0.1, 0.15) is 29.4 Å². The minimum Gasteiger partial charge on any atom is -0.342 e. The van der Waals surface area contributed by atoms with Crippen LogP contribution in [0, 0.1) is 0 Å². The maximum absolute atomic E-state index is 12.0. The molecule has 0 aliphatic carbocycles. The molecule has 1 aromatic heterocycles. The van der Waals surface area contributed by atoms with Gasteiger partial charge in [-0.2, -0.15) is 0 Å². The van der Waals surface area contributed by atoms with E-state index in [0.29, 0.717) is 18.5 Å². The van der Waals surface area contributed by atoms with Crippen LogP contribution in [0.2, 0.25) is 0 Å². The fourth-order valence-electron chi connectivity index (χ4n) is 1.55. The number of nitrogens with two attached hydrogens (primary N) is 1. The Hall–Kier alpha value is -1.42. The summed E-state index contributed by atoms with van der Waals surface area (Å²) in [6, 6.07) is 3.57. The van der Waals surface area contributed by atoms with Crippen LogP contribution in [0.3, 0.4) is 0 Å². The molecule has 1 aromatic rings. The van der Waals surface area contributed by atoms with Gasteiger partial charge in [0.25, 0.3) is 5.91 Å². The van der Waals surface area contributed by atoms with E-state index in [1.807, 2.05) is 13.1 Å². The highest BCUT2D eigenvalue weighted by Crippen LogP contribution is 2.06. The Labute approximate surface area is 96.5 Å². The number of aromatic nitrogens is 1. The molecular weight excluding hydrogens is 202 g/mol. The zero-order valence-corrected chi connectivity index (χ0v) is 9.94. The second kappa shape index (κ2) is 6.23. The normalized spacial score (nSPS) is 10.2. The van der Waals surface area contributed by atoms with Crippen molar-refractivity contribution in [2.24, 2.45) is 5.73 Å². The van der Waals surface area contributed by atoms with Crippen LogP contribution < -0.4 is 5.73 Å². The summed E-state index contributed by atoms with van der Waals surface area (Å²) in [6.45, 7) is 3.37. The Bertz CT molecular complexity index is 352. The van der Waals surface area contributed by atoms with Gasteiger partial charge >= 0.3 is 0 Å². The molecule has 0 saturated carbocycles. The fraction of sp³-hybridized carbons (Fsp3) is 0.500. The van der Waals surface area contributed by atoms with Gasteiger partial charge in [-0.15, -0.1) is 0 Å². The van der Waals surface area contributed by atoms with E-state index in [9.17, 15) is 4.79 Å². The Kier molecular flexibility index (Phi) is 4.92. The second-order valence-corrected chi connectivity index (χ2v) is 3.80. The molecular formula is C12H19N3O. The van der Waals surface area contributed by atoms with E-state index in [-0.39, 0.29) is 5.91 Å². The number of pyridine rings is 1. The molecule has 0 fully saturated rings. The molecule has 16 heavy (non-hydrogen) atoms. The van der Waals surface area contributed by atoms with Crippen LogP contribution in [0.25, 0.3) is 0 Å². The van der Waals surface area contributed by atoms with Gasteiger partial charge in [0.1, 0.15) is 0 Å². The maximum atomic E-state index is 12.0. The lowest BCUT2D eigenvalue weighted by Crippen LogP contribution is -2.27. The summed E-state index contributed by atoms with van der Waals surface area (Å²) in [5.74, 6) is 0.0440. The largest absolute Gasteiger partial charge is 0.342 e. The first-order chi connectivity index (χ1) is 7.69. The summed E-state index contributed by atoms with van der Waals surface area (Å²) in [6.07, 6.45) is 3.33. The van der Waals surface area contributed by atoms with E-state index in [0.717, 1.165) is 18.7 Å². The Balaban J connectivity index is 2.78. The van der Waals surface area contributed by atoms with Gasteiger partial charge in [-0.05, 0) is 25.1 Å². The molecule has 1 amide bonds. The molecule has 0 aliphatic rings. The second-order valence-electron chi connectivity index (χ2n) is 3.80. The van der Waals surface area contributed by atoms with E-state index in [4.69, 9.17) is 5.73 Å². The molecule has 4 heteroatoms. The molecule has 0 unspecified atom stereocenters. The van der Waals surface area contributed by atoms with Crippen molar-refractivity contribution in [2.45, 2.75) is 19.8 Å². The number of hydrogen-bond acceptors (Lipinski definition) is 3. The Morgan fingerprint density at radius 2 is 2.31 bits per heavy atom. The molecule has 4 nitrogen and oxygen atoms in total. The maximum Gasteiger partial charge on any atom is 0.253 e. The number of nitrogens with zero attached hydrogens (tertiary/aromatic N) is 2. The van der Waals surface area contributed by atoms with Crippen LogP contribution in [-0.2, 0) is 6.42 Å². The van der Waals surface area contributed by atoms with Gasteiger partial charge in [0, 0.05) is 37.5 Å². The standard InChI is InChI=1S/C12H19N3O/c1-3-8-15(2)12(16)10-5-7-14-11(9-10)4-6-13/h5,7,9H,3-4,6,8,13H2,1-2H3. The lowest BCUT2D eigenvalue weighted by Gasteiger charge is -2.16. The predicted molar refractivity (Wildman–Crippen MR) is 64.2 cm³/mol. The Morgan fingerprint density at radius 1 is 1.56 bits per heavy atom. The molecule has 0 aliphatic heterocycles. The van der Waals surface area contributed by atoms with Crippen molar-refractivity contribution >= 4 is 5.91 Å². The first-order valence-electron chi connectivity index (χ1n) is 5.59. The van der Waals surface area contributed by atoms with Crippen molar-refractivity contribution in [2.75, 3.05) is 20.1 Å². The van der Waals surface area contributed by atoms with E-state index < -0.39 is 0 Å². The van der Waals surface area contributed by atoms with E-state index in [1.165, 1.54) is 0 Å². The highest BCUT2D eigenvalue weighted by atomic mass is 16.2. The van der Waals surface area contributed by atoms with Crippen molar-refractivity contribution in [3.63, 3.8) is 0 Å². The summed E-state index contributed by atoms with van der Waals surface area (Å²) >= 11 is 0. The predicted octanol–water partition coefficient (Wildman–Crippen LogP) is 1.06. The number of amides is 1. The number of carbonyl (C=O) groups is 1. The van der Waals surface area contributed by atoms with Gasteiger partial charge in [0.05, 0.1) is 0 Å². The lowest BCUT2D eigenvalue weighted by molar-refractivity contribution is 0.0795. The number of rotatable bonds is 5. The summed E-state index contributed by atoms with van der Waals surface area (Å²) in [4.78, 5) is 17.8. The zero-order valence-electron chi connectivity index (χ0n) is 9.94. The smallest absolute Gasteiger partial charge is 0.253 e. The molecule has 0 spiro atoms.